The molecular weight excluding hydrogens is 360 g/mol. The molecule has 110 valence electrons. The summed E-state index contributed by atoms with van der Waals surface area (Å²) in [5.41, 5.74) is 3.16. The number of thiazole rings is 1. The first-order valence-electron chi connectivity index (χ1n) is 6.72. The highest BCUT2D eigenvalue weighted by molar-refractivity contribution is 9.10. The molecule has 3 rings (SSSR count). The number of aryl methyl sites for hydroxylation is 1. The van der Waals surface area contributed by atoms with Gasteiger partial charge in [0.15, 0.2) is 0 Å². The third kappa shape index (κ3) is 3.10. The normalized spacial score (nSPS) is 10.5. The summed E-state index contributed by atoms with van der Waals surface area (Å²) in [6.07, 6.45) is 0. The van der Waals surface area contributed by atoms with E-state index in [1.807, 2.05) is 54.8 Å². The summed E-state index contributed by atoms with van der Waals surface area (Å²) in [6.45, 7) is 1.97. The fraction of sp³-hybridized carbons (Fsp3) is 0.0588. The molecule has 0 atom stereocenters. The SMILES string of the molecule is Cc1nc(-c2ccccc2NC(=O)c2ccccc2Br)cs1. The van der Waals surface area contributed by atoms with Crippen LogP contribution in [0.2, 0.25) is 0 Å². The lowest BCUT2D eigenvalue weighted by atomic mass is 10.1. The van der Waals surface area contributed by atoms with Crippen molar-refractivity contribution in [3.05, 3.63) is 69.0 Å². The maximum Gasteiger partial charge on any atom is 0.256 e. The minimum Gasteiger partial charge on any atom is -0.321 e. The number of hydrogen-bond acceptors (Lipinski definition) is 3. The van der Waals surface area contributed by atoms with E-state index in [1.54, 1.807) is 17.4 Å². The quantitative estimate of drug-likeness (QED) is 0.691. The molecule has 0 aliphatic rings. The number of rotatable bonds is 3. The number of nitrogens with one attached hydrogen (secondary N) is 1. The van der Waals surface area contributed by atoms with E-state index >= 15 is 0 Å². The minimum absolute atomic E-state index is 0.146. The molecule has 0 unspecified atom stereocenters. The monoisotopic (exact) mass is 372 g/mol. The molecule has 0 spiro atoms. The first-order chi connectivity index (χ1) is 10.6. The highest BCUT2D eigenvalue weighted by Crippen LogP contribution is 2.29. The molecular formula is C17H13BrN2OS. The van der Waals surface area contributed by atoms with Crippen LogP contribution in [0.5, 0.6) is 0 Å². The zero-order chi connectivity index (χ0) is 15.5. The predicted octanol–water partition coefficient (Wildman–Crippen LogP) is 5.13. The average molecular weight is 373 g/mol. The minimum atomic E-state index is -0.146. The van der Waals surface area contributed by atoms with Crippen LogP contribution in [0.25, 0.3) is 11.3 Å². The largest absolute Gasteiger partial charge is 0.321 e. The zero-order valence-electron chi connectivity index (χ0n) is 11.8. The van der Waals surface area contributed by atoms with Crippen molar-refractivity contribution in [2.45, 2.75) is 6.92 Å². The Kier molecular flexibility index (Phi) is 4.36. The van der Waals surface area contributed by atoms with Gasteiger partial charge in [-0.2, -0.15) is 0 Å². The molecule has 0 aliphatic heterocycles. The number of amides is 1. The van der Waals surface area contributed by atoms with Crippen molar-refractivity contribution in [1.82, 2.24) is 4.98 Å². The first-order valence-corrected chi connectivity index (χ1v) is 8.40. The highest BCUT2D eigenvalue weighted by Gasteiger charge is 2.13. The number of hydrogen-bond donors (Lipinski definition) is 1. The second kappa shape index (κ2) is 6.42. The topological polar surface area (TPSA) is 42.0 Å². The lowest BCUT2D eigenvalue weighted by molar-refractivity contribution is 0.102. The molecule has 5 heteroatoms. The average Bonchev–Trinajstić information content (AvgIpc) is 2.94. The highest BCUT2D eigenvalue weighted by atomic mass is 79.9. The van der Waals surface area contributed by atoms with Crippen LogP contribution in [-0.4, -0.2) is 10.9 Å². The fourth-order valence-electron chi connectivity index (χ4n) is 2.14. The summed E-state index contributed by atoms with van der Waals surface area (Å²) < 4.78 is 0.773. The molecule has 0 saturated heterocycles. The Morgan fingerprint density at radius 1 is 1.14 bits per heavy atom. The summed E-state index contributed by atoms with van der Waals surface area (Å²) >= 11 is 5.00. The van der Waals surface area contributed by atoms with E-state index in [4.69, 9.17) is 0 Å². The Labute approximate surface area is 141 Å². The lowest BCUT2D eigenvalue weighted by Gasteiger charge is -2.10. The molecule has 0 radical (unpaired) electrons. The second-order valence-electron chi connectivity index (χ2n) is 4.73. The number of halogens is 1. The summed E-state index contributed by atoms with van der Waals surface area (Å²) in [5.74, 6) is -0.146. The molecule has 3 aromatic rings. The van der Waals surface area contributed by atoms with Crippen molar-refractivity contribution >= 4 is 38.9 Å². The predicted molar refractivity (Wildman–Crippen MR) is 94.4 cm³/mol. The van der Waals surface area contributed by atoms with Crippen molar-refractivity contribution in [2.75, 3.05) is 5.32 Å². The summed E-state index contributed by atoms with van der Waals surface area (Å²) in [4.78, 5) is 17.0. The van der Waals surface area contributed by atoms with Crippen LogP contribution in [0.4, 0.5) is 5.69 Å². The van der Waals surface area contributed by atoms with E-state index in [0.29, 0.717) is 5.56 Å². The number of anilines is 1. The smallest absolute Gasteiger partial charge is 0.256 e. The van der Waals surface area contributed by atoms with Crippen molar-refractivity contribution in [3.8, 4) is 11.3 Å². The van der Waals surface area contributed by atoms with Gasteiger partial charge < -0.3 is 5.32 Å². The van der Waals surface area contributed by atoms with Crippen LogP contribution in [0.1, 0.15) is 15.4 Å². The third-order valence-electron chi connectivity index (χ3n) is 3.19. The van der Waals surface area contributed by atoms with Gasteiger partial charge in [-0.1, -0.05) is 30.3 Å². The van der Waals surface area contributed by atoms with Crippen LogP contribution < -0.4 is 5.32 Å². The number of para-hydroxylation sites is 1. The van der Waals surface area contributed by atoms with Crippen molar-refractivity contribution < 1.29 is 4.79 Å². The molecule has 2 aromatic carbocycles. The van der Waals surface area contributed by atoms with Gasteiger partial charge in [0, 0.05) is 15.4 Å². The van der Waals surface area contributed by atoms with Gasteiger partial charge in [-0.05, 0) is 41.1 Å². The molecule has 22 heavy (non-hydrogen) atoms. The van der Waals surface area contributed by atoms with Gasteiger partial charge in [0.05, 0.1) is 22.0 Å². The molecule has 3 nitrogen and oxygen atoms in total. The van der Waals surface area contributed by atoms with E-state index < -0.39 is 0 Å². The van der Waals surface area contributed by atoms with E-state index in [9.17, 15) is 4.79 Å². The Balaban J connectivity index is 1.93. The molecule has 1 heterocycles. The number of aromatic nitrogens is 1. The van der Waals surface area contributed by atoms with Gasteiger partial charge in [-0.25, -0.2) is 4.98 Å². The molecule has 0 fully saturated rings. The van der Waals surface area contributed by atoms with Crippen molar-refractivity contribution in [1.29, 1.82) is 0 Å². The van der Waals surface area contributed by atoms with E-state index in [2.05, 4.69) is 26.2 Å². The van der Waals surface area contributed by atoms with Gasteiger partial charge in [0.2, 0.25) is 0 Å². The maximum atomic E-state index is 12.5. The Morgan fingerprint density at radius 2 is 1.86 bits per heavy atom. The van der Waals surface area contributed by atoms with Crippen molar-refractivity contribution in [2.24, 2.45) is 0 Å². The fourth-order valence-corrected chi connectivity index (χ4v) is 3.22. The molecule has 0 saturated carbocycles. The molecule has 1 aromatic heterocycles. The van der Waals surface area contributed by atoms with Crippen LogP contribution in [0.3, 0.4) is 0 Å². The van der Waals surface area contributed by atoms with Crippen LogP contribution >= 0.6 is 27.3 Å². The summed E-state index contributed by atoms with van der Waals surface area (Å²) in [5, 5.41) is 5.97. The molecule has 0 aliphatic carbocycles. The van der Waals surface area contributed by atoms with Crippen LogP contribution in [0.15, 0.2) is 58.4 Å². The first kappa shape index (κ1) is 14.9. The van der Waals surface area contributed by atoms with E-state index in [1.165, 1.54) is 0 Å². The Morgan fingerprint density at radius 3 is 2.59 bits per heavy atom. The maximum absolute atomic E-state index is 12.5. The van der Waals surface area contributed by atoms with Gasteiger partial charge in [-0.15, -0.1) is 11.3 Å². The van der Waals surface area contributed by atoms with Gasteiger partial charge in [0.25, 0.3) is 5.91 Å². The van der Waals surface area contributed by atoms with E-state index in [0.717, 1.165) is 26.4 Å². The standard InChI is InChI=1S/C17H13BrN2OS/c1-11-19-16(10-22-11)13-7-3-5-9-15(13)20-17(21)12-6-2-4-8-14(12)18/h2-10H,1H3,(H,20,21). The van der Waals surface area contributed by atoms with Crippen LogP contribution in [-0.2, 0) is 0 Å². The van der Waals surface area contributed by atoms with Gasteiger partial charge >= 0.3 is 0 Å². The Bertz CT molecular complexity index is 829. The lowest BCUT2D eigenvalue weighted by Crippen LogP contribution is -2.13. The molecule has 1 N–H and O–H groups in total. The number of carbonyl (C=O) groups is 1. The number of carbonyl (C=O) groups excluding carboxylic acids is 1. The summed E-state index contributed by atoms with van der Waals surface area (Å²) in [6, 6.07) is 15.1. The number of benzene rings is 2. The summed E-state index contributed by atoms with van der Waals surface area (Å²) in [7, 11) is 0. The molecule has 1 amide bonds. The van der Waals surface area contributed by atoms with Gasteiger partial charge in [-0.3, -0.25) is 4.79 Å². The third-order valence-corrected chi connectivity index (χ3v) is 4.65. The zero-order valence-corrected chi connectivity index (χ0v) is 14.2. The van der Waals surface area contributed by atoms with Crippen molar-refractivity contribution in [3.63, 3.8) is 0 Å². The van der Waals surface area contributed by atoms with Gasteiger partial charge in [0.1, 0.15) is 0 Å². The number of nitrogens with zero attached hydrogens (tertiary/aromatic N) is 1. The second-order valence-corrected chi connectivity index (χ2v) is 6.65. The van der Waals surface area contributed by atoms with Crippen LogP contribution in [0, 0.1) is 6.92 Å². The Hall–Kier alpha value is -1.98. The van der Waals surface area contributed by atoms with E-state index in [-0.39, 0.29) is 5.91 Å². The molecule has 0 bridgehead atoms.